The third kappa shape index (κ3) is 2.72. The van der Waals surface area contributed by atoms with Crippen molar-refractivity contribution in [3.8, 4) is 10.6 Å². The van der Waals surface area contributed by atoms with E-state index < -0.39 is 0 Å². The fourth-order valence-electron chi connectivity index (χ4n) is 2.23. The molecule has 3 rings (SSSR count). The standard InChI is InChI=1S/C14H19N3OS/c1-8-9(2)18-10(3)13(8)14-17-16-12(19-14)6-7-15-11-4-5-11/h11,15H,4-7H2,1-3H3. The molecule has 0 atom stereocenters. The minimum Gasteiger partial charge on any atom is -0.466 e. The zero-order valence-electron chi connectivity index (χ0n) is 11.6. The molecular weight excluding hydrogens is 258 g/mol. The van der Waals surface area contributed by atoms with E-state index in [9.17, 15) is 0 Å². The fourth-order valence-corrected chi connectivity index (χ4v) is 3.22. The Morgan fingerprint density at radius 1 is 1.21 bits per heavy atom. The van der Waals surface area contributed by atoms with Crippen LogP contribution in [0.25, 0.3) is 10.6 Å². The highest BCUT2D eigenvalue weighted by molar-refractivity contribution is 7.14. The van der Waals surface area contributed by atoms with Gasteiger partial charge in [-0.05, 0) is 33.6 Å². The second-order valence-electron chi connectivity index (χ2n) is 5.19. The summed E-state index contributed by atoms with van der Waals surface area (Å²) in [5, 5.41) is 14.2. The summed E-state index contributed by atoms with van der Waals surface area (Å²) in [6.07, 6.45) is 3.62. The molecule has 102 valence electrons. The minimum absolute atomic E-state index is 0.758. The molecule has 0 aliphatic heterocycles. The molecule has 0 unspecified atom stereocenters. The molecule has 19 heavy (non-hydrogen) atoms. The summed E-state index contributed by atoms with van der Waals surface area (Å²) in [6, 6.07) is 0.758. The lowest BCUT2D eigenvalue weighted by atomic mass is 10.1. The smallest absolute Gasteiger partial charge is 0.151 e. The molecule has 1 saturated carbocycles. The van der Waals surface area contributed by atoms with Crippen LogP contribution in [0.1, 0.15) is 34.9 Å². The maximum Gasteiger partial charge on any atom is 0.151 e. The number of furan rings is 1. The largest absolute Gasteiger partial charge is 0.466 e. The lowest BCUT2D eigenvalue weighted by Gasteiger charge is -1.98. The Kier molecular flexibility index (Phi) is 3.41. The van der Waals surface area contributed by atoms with E-state index in [0.29, 0.717) is 0 Å². The maximum atomic E-state index is 5.66. The zero-order valence-corrected chi connectivity index (χ0v) is 12.4. The summed E-state index contributed by atoms with van der Waals surface area (Å²) in [4.78, 5) is 0. The Morgan fingerprint density at radius 3 is 2.63 bits per heavy atom. The van der Waals surface area contributed by atoms with Gasteiger partial charge < -0.3 is 9.73 Å². The lowest BCUT2D eigenvalue weighted by Crippen LogP contribution is -2.19. The fraction of sp³-hybridized carbons (Fsp3) is 0.571. The Balaban J connectivity index is 1.72. The van der Waals surface area contributed by atoms with Gasteiger partial charge in [0.05, 0.1) is 5.56 Å². The van der Waals surface area contributed by atoms with Gasteiger partial charge in [-0.1, -0.05) is 11.3 Å². The summed E-state index contributed by atoms with van der Waals surface area (Å²) in [7, 11) is 0. The van der Waals surface area contributed by atoms with Gasteiger partial charge in [0.1, 0.15) is 16.5 Å². The Hall–Kier alpha value is -1.20. The van der Waals surface area contributed by atoms with E-state index in [0.717, 1.165) is 46.1 Å². The van der Waals surface area contributed by atoms with E-state index in [1.807, 2.05) is 13.8 Å². The van der Waals surface area contributed by atoms with Crippen LogP contribution < -0.4 is 5.32 Å². The number of aryl methyl sites for hydroxylation is 2. The van der Waals surface area contributed by atoms with E-state index in [4.69, 9.17) is 4.42 Å². The molecule has 1 aliphatic rings. The van der Waals surface area contributed by atoms with Gasteiger partial charge in [-0.3, -0.25) is 0 Å². The van der Waals surface area contributed by atoms with Gasteiger partial charge in [-0.25, -0.2) is 0 Å². The molecule has 0 amide bonds. The molecule has 0 radical (unpaired) electrons. The molecule has 1 N–H and O–H groups in total. The lowest BCUT2D eigenvalue weighted by molar-refractivity contribution is 0.503. The molecule has 5 heteroatoms. The summed E-state index contributed by atoms with van der Waals surface area (Å²) in [6.45, 7) is 7.07. The molecule has 0 aromatic carbocycles. The summed E-state index contributed by atoms with van der Waals surface area (Å²) in [5.74, 6) is 1.91. The van der Waals surface area contributed by atoms with E-state index >= 15 is 0 Å². The molecule has 0 spiro atoms. The summed E-state index contributed by atoms with van der Waals surface area (Å²) < 4.78 is 5.66. The maximum absolute atomic E-state index is 5.66. The minimum atomic E-state index is 0.758. The van der Waals surface area contributed by atoms with Crippen molar-refractivity contribution >= 4 is 11.3 Å². The van der Waals surface area contributed by atoms with Gasteiger partial charge in [0.2, 0.25) is 0 Å². The van der Waals surface area contributed by atoms with E-state index in [2.05, 4.69) is 22.4 Å². The predicted octanol–water partition coefficient (Wildman–Crippen LogP) is 3.02. The van der Waals surface area contributed by atoms with Crippen molar-refractivity contribution in [3.63, 3.8) is 0 Å². The van der Waals surface area contributed by atoms with E-state index in [1.165, 1.54) is 18.4 Å². The normalized spacial score (nSPS) is 15.1. The Bertz CT molecular complexity index is 584. The quantitative estimate of drug-likeness (QED) is 0.912. The first kappa shape index (κ1) is 12.8. The summed E-state index contributed by atoms with van der Waals surface area (Å²) in [5.41, 5.74) is 2.30. The highest BCUT2D eigenvalue weighted by atomic mass is 32.1. The topological polar surface area (TPSA) is 51.0 Å². The van der Waals surface area contributed by atoms with Gasteiger partial charge in [0.25, 0.3) is 0 Å². The van der Waals surface area contributed by atoms with Gasteiger partial charge in [-0.2, -0.15) is 0 Å². The van der Waals surface area contributed by atoms with Crippen molar-refractivity contribution in [1.82, 2.24) is 15.5 Å². The van der Waals surface area contributed by atoms with Crippen LogP contribution in [0.5, 0.6) is 0 Å². The second-order valence-corrected chi connectivity index (χ2v) is 6.26. The average Bonchev–Trinajstić information content (AvgIpc) is 3.01. The van der Waals surface area contributed by atoms with Crippen molar-refractivity contribution < 1.29 is 4.42 Å². The van der Waals surface area contributed by atoms with Crippen molar-refractivity contribution in [2.24, 2.45) is 0 Å². The molecule has 2 aromatic heterocycles. The molecule has 2 aromatic rings. The molecular formula is C14H19N3OS. The van der Waals surface area contributed by atoms with Gasteiger partial charge in [-0.15, -0.1) is 10.2 Å². The van der Waals surface area contributed by atoms with Crippen LogP contribution in [-0.4, -0.2) is 22.8 Å². The second kappa shape index (κ2) is 5.06. The predicted molar refractivity (Wildman–Crippen MR) is 76.6 cm³/mol. The molecule has 4 nitrogen and oxygen atoms in total. The number of hydrogen-bond acceptors (Lipinski definition) is 5. The first-order valence-electron chi connectivity index (χ1n) is 6.78. The van der Waals surface area contributed by atoms with Crippen LogP contribution in [-0.2, 0) is 6.42 Å². The molecule has 0 saturated heterocycles. The van der Waals surface area contributed by atoms with Crippen molar-refractivity contribution in [2.75, 3.05) is 6.54 Å². The molecule has 1 aliphatic carbocycles. The SMILES string of the molecule is Cc1oc(C)c(-c2nnc(CCNC3CC3)s2)c1C. The van der Waals surface area contributed by atoms with Crippen molar-refractivity contribution in [1.29, 1.82) is 0 Å². The number of aromatic nitrogens is 2. The average molecular weight is 277 g/mol. The number of hydrogen-bond donors (Lipinski definition) is 1. The number of nitrogens with zero attached hydrogens (tertiary/aromatic N) is 2. The zero-order chi connectivity index (χ0) is 13.4. The molecule has 0 bridgehead atoms. The van der Waals surface area contributed by atoms with E-state index in [1.54, 1.807) is 11.3 Å². The van der Waals surface area contributed by atoms with Crippen LogP contribution in [0.2, 0.25) is 0 Å². The van der Waals surface area contributed by atoms with Crippen LogP contribution in [0.4, 0.5) is 0 Å². The number of nitrogens with one attached hydrogen (secondary N) is 1. The van der Waals surface area contributed by atoms with Crippen LogP contribution in [0, 0.1) is 20.8 Å². The first-order valence-corrected chi connectivity index (χ1v) is 7.59. The van der Waals surface area contributed by atoms with Crippen molar-refractivity contribution in [2.45, 2.75) is 46.1 Å². The monoisotopic (exact) mass is 277 g/mol. The van der Waals surface area contributed by atoms with Crippen molar-refractivity contribution in [3.05, 3.63) is 22.1 Å². The van der Waals surface area contributed by atoms with E-state index in [-0.39, 0.29) is 0 Å². The Labute approximate surface area is 117 Å². The van der Waals surface area contributed by atoms with Gasteiger partial charge in [0, 0.05) is 24.6 Å². The third-order valence-corrected chi connectivity index (χ3v) is 4.59. The van der Waals surface area contributed by atoms with Gasteiger partial charge in [0.15, 0.2) is 5.01 Å². The third-order valence-electron chi connectivity index (χ3n) is 3.59. The molecule has 2 heterocycles. The van der Waals surface area contributed by atoms with Crippen LogP contribution >= 0.6 is 11.3 Å². The molecule has 1 fully saturated rings. The highest BCUT2D eigenvalue weighted by Crippen LogP contribution is 2.33. The Morgan fingerprint density at radius 2 is 2.00 bits per heavy atom. The summed E-state index contributed by atoms with van der Waals surface area (Å²) >= 11 is 1.68. The van der Waals surface area contributed by atoms with Crippen LogP contribution in [0.15, 0.2) is 4.42 Å². The highest BCUT2D eigenvalue weighted by Gasteiger charge is 2.20. The van der Waals surface area contributed by atoms with Crippen LogP contribution in [0.3, 0.4) is 0 Å². The van der Waals surface area contributed by atoms with Gasteiger partial charge >= 0.3 is 0 Å². The first-order chi connectivity index (χ1) is 9.15. The number of rotatable bonds is 5.